The summed E-state index contributed by atoms with van der Waals surface area (Å²) in [4.78, 5) is 41.5. The van der Waals surface area contributed by atoms with Gasteiger partial charge in [-0.1, -0.05) is 0 Å². The summed E-state index contributed by atoms with van der Waals surface area (Å²) in [5.74, 6) is -1.69. The Kier molecular flexibility index (Phi) is 6.13. The van der Waals surface area contributed by atoms with Gasteiger partial charge in [-0.15, -0.1) is 0 Å². The van der Waals surface area contributed by atoms with Crippen LogP contribution in [0.25, 0.3) is 0 Å². The number of anilines is 1. The van der Waals surface area contributed by atoms with Crippen LogP contribution in [0.1, 0.15) is 40.5 Å². The van der Waals surface area contributed by atoms with Crippen LogP contribution < -0.4 is 15.4 Å². The van der Waals surface area contributed by atoms with Crippen molar-refractivity contribution in [3.05, 3.63) is 24.3 Å². The Balaban J connectivity index is 1.60. The standard InChI is InChI=1S/C24H33N3O6/c1-5-32-15-8-6-14(7-9-15)25-20(29)17-16-10-11-24(33-16)18(17)22(31)27(12-13-28)19(24)21(30)26-23(2,3)4/h6-9,16-19,28H,5,10-13H2,1-4H3,(H,25,29)(H,26,30)/t16-,17+,18+,19?,24?/m1/s1. The molecule has 3 aliphatic heterocycles. The molecule has 1 aromatic carbocycles. The fraction of sp³-hybridized carbons (Fsp3) is 0.625. The number of aliphatic hydroxyl groups excluding tert-OH is 1. The van der Waals surface area contributed by atoms with E-state index in [2.05, 4.69) is 10.6 Å². The lowest BCUT2D eigenvalue weighted by Gasteiger charge is -2.35. The molecule has 0 aliphatic carbocycles. The molecule has 4 rings (SSSR count). The summed E-state index contributed by atoms with van der Waals surface area (Å²) < 4.78 is 11.8. The van der Waals surface area contributed by atoms with Crippen molar-refractivity contribution in [3.8, 4) is 5.75 Å². The SMILES string of the molecule is CCOc1ccc(NC(=O)[C@@H]2[C@H]3C(=O)N(CCO)C(C(=O)NC(C)(C)C)C34CC[C@H]2O4)cc1. The van der Waals surface area contributed by atoms with Crippen molar-refractivity contribution in [1.29, 1.82) is 0 Å². The van der Waals surface area contributed by atoms with Crippen molar-refractivity contribution in [2.45, 2.75) is 63.8 Å². The zero-order valence-electron chi connectivity index (χ0n) is 19.6. The number of β-amino-alcohol motifs (C(OH)–C–C–N with tert-alkyl or cyclic N) is 1. The van der Waals surface area contributed by atoms with Gasteiger partial charge in [-0.2, -0.15) is 0 Å². The topological polar surface area (TPSA) is 117 Å². The largest absolute Gasteiger partial charge is 0.494 e. The molecule has 9 heteroatoms. The Hall–Kier alpha value is -2.65. The minimum absolute atomic E-state index is 0.0145. The molecule has 1 spiro atoms. The van der Waals surface area contributed by atoms with Crippen LogP contribution >= 0.6 is 0 Å². The quantitative estimate of drug-likeness (QED) is 0.566. The molecule has 3 heterocycles. The van der Waals surface area contributed by atoms with E-state index in [1.807, 2.05) is 27.7 Å². The normalized spacial score (nSPS) is 30.3. The van der Waals surface area contributed by atoms with Gasteiger partial charge in [0.15, 0.2) is 0 Å². The summed E-state index contributed by atoms with van der Waals surface area (Å²) in [6.45, 7) is 7.79. The Bertz CT molecular complexity index is 927. The van der Waals surface area contributed by atoms with Gasteiger partial charge >= 0.3 is 0 Å². The van der Waals surface area contributed by atoms with Gasteiger partial charge in [0.2, 0.25) is 17.7 Å². The molecule has 0 radical (unpaired) electrons. The lowest BCUT2D eigenvalue weighted by atomic mass is 9.70. The number of nitrogens with one attached hydrogen (secondary N) is 2. The lowest BCUT2D eigenvalue weighted by Crippen LogP contribution is -2.58. The van der Waals surface area contributed by atoms with E-state index in [9.17, 15) is 19.5 Å². The van der Waals surface area contributed by atoms with Crippen LogP contribution in [-0.2, 0) is 19.1 Å². The Morgan fingerprint density at radius 1 is 1.24 bits per heavy atom. The van der Waals surface area contributed by atoms with Gasteiger partial charge in [0, 0.05) is 17.8 Å². The Morgan fingerprint density at radius 2 is 1.94 bits per heavy atom. The smallest absolute Gasteiger partial charge is 0.246 e. The van der Waals surface area contributed by atoms with Gasteiger partial charge in [-0.25, -0.2) is 0 Å². The molecular formula is C24H33N3O6. The van der Waals surface area contributed by atoms with Crippen molar-refractivity contribution < 1.29 is 29.0 Å². The van der Waals surface area contributed by atoms with Crippen LogP contribution in [0.2, 0.25) is 0 Å². The number of aliphatic hydroxyl groups is 1. The highest BCUT2D eigenvalue weighted by molar-refractivity contribution is 6.02. The Morgan fingerprint density at radius 3 is 2.55 bits per heavy atom. The average molecular weight is 460 g/mol. The molecule has 3 N–H and O–H groups in total. The first-order valence-electron chi connectivity index (χ1n) is 11.6. The number of hydrogen-bond donors (Lipinski definition) is 3. The minimum Gasteiger partial charge on any atom is -0.494 e. The van der Waals surface area contributed by atoms with Crippen LogP contribution in [-0.4, -0.2) is 70.8 Å². The van der Waals surface area contributed by atoms with Crippen molar-refractivity contribution in [3.63, 3.8) is 0 Å². The maximum atomic E-state index is 13.5. The minimum atomic E-state index is -1.06. The Labute approximate surface area is 193 Å². The highest BCUT2D eigenvalue weighted by atomic mass is 16.5. The first kappa shape index (κ1) is 23.5. The lowest BCUT2D eigenvalue weighted by molar-refractivity contribution is -0.142. The summed E-state index contributed by atoms with van der Waals surface area (Å²) in [5, 5.41) is 15.4. The number of likely N-dealkylation sites (tertiary alicyclic amines) is 1. The highest BCUT2D eigenvalue weighted by Gasteiger charge is 2.74. The molecule has 0 saturated carbocycles. The first-order chi connectivity index (χ1) is 15.6. The molecule has 3 saturated heterocycles. The molecule has 9 nitrogen and oxygen atoms in total. The number of nitrogens with zero attached hydrogens (tertiary/aromatic N) is 1. The second-order valence-electron chi connectivity index (χ2n) is 10.00. The van der Waals surface area contributed by atoms with Gasteiger partial charge in [-0.05, 0) is 64.8 Å². The summed E-state index contributed by atoms with van der Waals surface area (Å²) in [6.07, 6.45) is 0.686. The van der Waals surface area contributed by atoms with E-state index in [1.54, 1.807) is 24.3 Å². The van der Waals surface area contributed by atoms with E-state index in [0.717, 1.165) is 0 Å². The van der Waals surface area contributed by atoms with E-state index >= 15 is 0 Å². The van der Waals surface area contributed by atoms with Gasteiger partial charge in [-0.3, -0.25) is 14.4 Å². The molecule has 1 aromatic rings. The fourth-order valence-corrected chi connectivity index (χ4v) is 5.57. The van der Waals surface area contributed by atoms with Crippen LogP contribution in [0.5, 0.6) is 5.75 Å². The molecule has 0 aromatic heterocycles. The molecule has 5 atom stereocenters. The number of rotatable bonds is 7. The van der Waals surface area contributed by atoms with E-state index in [-0.39, 0.29) is 30.9 Å². The zero-order chi connectivity index (χ0) is 24.0. The first-order valence-corrected chi connectivity index (χ1v) is 11.6. The van der Waals surface area contributed by atoms with Gasteiger partial charge in [0.1, 0.15) is 17.4 Å². The van der Waals surface area contributed by atoms with E-state index < -0.39 is 35.1 Å². The van der Waals surface area contributed by atoms with Crippen LogP contribution in [0.15, 0.2) is 24.3 Å². The number of carbonyl (C=O) groups excluding carboxylic acids is 3. The summed E-state index contributed by atoms with van der Waals surface area (Å²) in [5.41, 5.74) is -0.964. The highest BCUT2D eigenvalue weighted by Crippen LogP contribution is 2.58. The fourth-order valence-electron chi connectivity index (χ4n) is 5.57. The molecular weight excluding hydrogens is 426 g/mol. The number of carbonyl (C=O) groups is 3. The monoisotopic (exact) mass is 459 g/mol. The van der Waals surface area contributed by atoms with Crippen LogP contribution in [0.4, 0.5) is 5.69 Å². The van der Waals surface area contributed by atoms with Crippen LogP contribution in [0, 0.1) is 11.8 Å². The van der Waals surface area contributed by atoms with Gasteiger partial charge in [0.05, 0.1) is 31.2 Å². The van der Waals surface area contributed by atoms with Crippen LogP contribution in [0.3, 0.4) is 0 Å². The number of amides is 3. The maximum Gasteiger partial charge on any atom is 0.246 e. The molecule has 2 bridgehead atoms. The second kappa shape index (κ2) is 8.61. The summed E-state index contributed by atoms with van der Waals surface area (Å²) in [7, 11) is 0. The van der Waals surface area contributed by atoms with Crippen molar-refractivity contribution >= 4 is 23.4 Å². The number of ether oxygens (including phenoxy) is 2. The molecule has 180 valence electrons. The average Bonchev–Trinajstić information content (AvgIpc) is 3.36. The number of hydrogen-bond acceptors (Lipinski definition) is 6. The molecule has 3 amide bonds. The molecule has 3 fully saturated rings. The van der Waals surface area contributed by atoms with E-state index in [4.69, 9.17) is 9.47 Å². The summed E-state index contributed by atoms with van der Waals surface area (Å²) >= 11 is 0. The van der Waals surface area contributed by atoms with Gasteiger partial charge in [0.25, 0.3) is 0 Å². The third-order valence-corrected chi connectivity index (χ3v) is 6.62. The zero-order valence-corrected chi connectivity index (χ0v) is 19.6. The second-order valence-corrected chi connectivity index (χ2v) is 10.00. The van der Waals surface area contributed by atoms with Crippen molar-refractivity contribution in [2.75, 3.05) is 25.1 Å². The molecule has 3 aliphatic rings. The molecule has 2 unspecified atom stereocenters. The maximum absolute atomic E-state index is 13.5. The van der Waals surface area contributed by atoms with E-state index in [0.29, 0.717) is 30.9 Å². The van der Waals surface area contributed by atoms with E-state index in [1.165, 1.54) is 4.90 Å². The number of benzene rings is 1. The summed E-state index contributed by atoms with van der Waals surface area (Å²) in [6, 6.07) is 6.17. The van der Waals surface area contributed by atoms with Crippen molar-refractivity contribution in [1.82, 2.24) is 10.2 Å². The number of fused-ring (bicyclic) bond motifs is 1. The predicted molar refractivity (Wildman–Crippen MR) is 121 cm³/mol. The third kappa shape index (κ3) is 4.08. The molecule has 33 heavy (non-hydrogen) atoms. The van der Waals surface area contributed by atoms with Gasteiger partial charge < -0.3 is 30.1 Å². The third-order valence-electron chi connectivity index (χ3n) is 6.62. The predicted octanol–water partition coefficient (Wildman–Crippen LogP) is 1.31. The van der Waals surface area contributed by atoms with Crippen molar-refractivity contribution in [2.24, 2.45) is 11.8 Å².